The van der Waals surface area contributed by atoms with Gasteiger partial charge < -0.3 is 10.5 Å². The number of hydrogen-bond acceptors (Lipinski definition) is 7. The summed E-state index contributed by atoms with van der Waals surface area (Å²) in [5.74, 6) is -1.69. The molecule has 1 aromatic carbocycles. The SMILES string of the molecule is CC(C)[C@H](N)C(=O)Oc1cc(F)ccc1/C=C1/SC(N2CCCCN2)=NC1=O. The van der Waals surface area contributed by atoms with E-state index < -0.39 is 17.8 Å². The quantitative estimate of drug-likeness (QED) is 0.450. The normalized spacial score (nSPS) is 19.9. The van der Waals surface area contributed by atoms with Crippen molar-refractivity contribution in [3.63, 3.8) is 0 Å². The average Bonchev–Trinajstić information content (AvgIpc) is 3.04. The molecule has 2 aliphatic rings. The summed E-state index contributed by atoms with van der Waals surface area (Å²) in [6.07, 6.45) is 3.65. The number of ether oxygens (including phenoxy) is 1. The Kier molecular flexibility index (Phi) is 6.48. The number of halogens is 1. The van der Waals surface area contributed by atoms with Gasteiger partial charge in [-0.3, -0.25) is 9.80 Å². The summed E-state index contributed by atoms with van der Waals surface area (Å²) in [7, 11) is 0. The van der Waals surface area contributed by atoms with Crippen LogP contribution in [0.4, 0.5) is 4.39 Å². The first kappa shape index (κ1) is 20.5. The molecule has 9 heteroatoms. The molecule has 0 unspecified atom stereocenters. The minimum Gasteiger partial charge on any atom is -0.425 e. The van der Waals surface area contributed by atoms with Gasteiger partial charge in [-0.15, -0.1) is 0 Å². The molecule has 0 saturated carbocycles. The molecule has 7 nitrogen and oxygen atoms in total. The smallest absolute Gasteiger partial charge is 0.328 e. The van der Waals surface area contributed by atoms with E-state index in [1.807, 2.05) is 5.01 Å². The van der Waals surface area contributed by atoms with Crippen molar-refractivity contribution >= 4 is 34.9 Å². The van der Waals surface area contributed by atoms with Crippen LogP contribution in [-0.2, 0) is 9.59 Å². The number of aliphatic imine (C=N–C) groups is 1. The maximum absolute atomic E-state index is 13.7. The number of esters is 1. The van der Waals surface area contributed by atoms with E-state index >= 15 is 0 Å². The van der Waals surface area contributed by atoms with Crippen LogP contribution in [0.2, 0.25) is 0 Å². The van der Waals surface area contributed by atoms with Gasteiger partial charge in [-0.1, -0.05) is 13.8 Å². The molecule has 3 N–H and O–H groups in total. The first-order valence-electron chi connectivity index (χ1n) is 9.15. The first-order chi connectivity index (χ1) is 13.3. The zero-order valence-corrected chi connectivity index (χ0v) is 16.6. The molecule has 0 aliphatic carbocycles. The third-order valence-electron chi connectivity index (χ3n) is 4.41. The topological polar surface area (TPSA) is 97.0 Å². The second-order valence-corrected chi connectivity index (χ2v) is 7.96. The van der Waals surface area contributed by atoms with Crippen LogP contribution in [0, 0.1) is 11.7 Å². The van der Waals surface area contributed by atoms with E-state index in [-0.39, 0.29) is 17.6 Å². The van der Waals surface area contributed by atoms with E-state index in [4.69, 9.17) is 10.5 Å². The number of benzene rings is 1. The lowest BCUT2D eigenvalue weighted by molar-refractivity contribution is -0.136. The molecule has 3 rings (SSSR count). The van der Waals surface area contributed by atoms with Gasteiger partial charge in [-0.2, -0.15) is 4.99 Å². The molecular formula is C19H23FN4O3S. The van der Waals surface area contributed by atoms with E-state index in [0.29, 0.717) is 15.6 Å². The molecule has 0 radical (unpaired) electrons. The molecule has 0 aromatic heterocycles. The van der Waals surface area contributed by atoms with Crippen molar-refractivity contribution in [2.75, 3.05) is 13.1 Å². The predicted octanol–water partition coefficient (Wildman–Crippen LogP) is 2.29. The predicted molar refractivity (Wildman–Crippen MR) is 107 cm³/mol. The molecule has 28 heavy (non-hydrogen) atoms. The van der Waals surface area contributed by atoms with E-state index in [1.54, 1.807) is 19.9 Å². The van der Waals surface area contributed by atoms with Crippen LogP contribution >= 0.6 is 11.8 Å². The standard InChI is InChI=1S/C19H23FN4O3S/c1-11(2)16(21)18(26)27-14-10-13(20)6-5-12(14)9-15-17(25)23-19(28-15)24-8-4-3-7-22-24/h5-6,9-11,16,22H,3-4,7-8,21H2,1-2H3/b15-9+/t16-/m0/s1. The summed E-state index contributed by atoms with van der Waals surface area (Å²) in [6, 6.07) is 2.97. The molecule has 1 saturated heterocycles. The van der Waals surface area contributed by atoms with Gasteiger partial charge in [0.05, 0.1) is 4.91 Å². The highest BCUT2D eigenvalue weighted by Gasteiger charge is 2.28. The Hall–Kier alpha value is -2.23. The van der Waals surface area contributed by atoms with Crippen LogP contribution in [0.15, 0.2) is 28.1 Å². The number of hydrazine groups is 1. The number of amides is 1. The second-order valence-electron chi connectivity index (χ2n) is 6.95. The van der Waals surface area contributed by atoms with Crippen molar-refractivity contribution in [2.24, 2.45) is 16.6 Å². The molecular weight excluding hydrogens is 383 g/mol. The maximum Gasteiger partial charge on any atom is 0.328 e. The number of carbonyl (C=O) groups excluding carboxylic acids is 2. The average molecular weight is 406 g/mol. The Labute approximate surface area is 167 Å². The number of nitrogens with zero attached hydrogens (tertiary/aromatic N) is 2. The van der Waals surface area contributed by atoms with Crippen molar-refractivity contribution in [3.05, 3.63) is 34.5 Å². The number of nitrogens with two attached hydrogens (primary N) is 1. The van der Waals surface area contributed by atoms with E-state index in [0.717, 1.165) is 32.0 Å². The van der Waals surface area contributed by atoms with Crippen LogP contribution in [0.1, 0.15) is 32.3 Å². The summed E-state index contributed by atoms with van der Waals surface area (Å²) in [6.45, 7) is 5.20. The summed E-state index contributed by atoms with van der Waals surface area (Å²) >= 11 is 1.23. The van der Waals surface area contributed by atoms with Crippen LogP contribution in [-0.4, -0.2) is 41.2 Å². The molecule has 2 aliphatic heterocycles. The Morgan fingerprint density at radius 1 is 1.43 bits per heavy atom. The van der Waals surface area contributed by atoms with Gasteiger partial charge in [-0.05, 0) is 48.7 Å². The summed E-state index contributed by atoms with van der Waals surface area (Å²) in [4.78, 5) is 28.9. The van der Waals surface area contributed by atoms with Crippen molar-refractivity contribution in [2.45, 2.75) is 32.7 Å². The third kappa shape index (κ3) is 4.78. The minimum absolute atomic E-state index is 0.0200. The monoisotopic (exact) mass is 406 g/mol. The van der Waals surface area contributed by atoms with Gasteiger partial charge in [0.15, 0.2) is 5.17 Å². The summed E-state index contributed by atoms with van der Waals surface area (Å²) in [5, 5.41) is 2.44. The molecule has 0 bridgehead atoms. The maximum atomic E-state index is 13.7. The largest absolute Gasteiger partial charge is 0.425 e. The summed E-state index contributed by atoms with van der Waals surface area (Å²) < 4.78 is 19.0. The number of rotatable bonds is 4. The number of nitrogens with one attached hydrogen (secondary N) is 1. The number of thioether (sulfide) groups is 1. The molecule has 1 amide bonds. The fraction of sp³-hybridized carbons (Fsp3) is 0.421. The third-order valence-corrected chi connectivity index (χ3v) is 5.42. The van der Waals surface area contributed by atoms with Gasteiger partial charge in [0.25, 0.3) is 5.91 Å². The highest BCUT2D eigenvalue weighted by molar-refractivity contribution is 8.18. The van der Waals surface area contributed by atoms with E-state index in [9.17, 15) is 14.0 Å². The molecule has 1 aromatic rings. The highest BCUT2D eigenvalue weighted by atomic mass is 32.2. The van der Waals surface area contributed by atoms with E-state index in [1.165, 1.54) is 23.9 Å². The molecule has 150 valence electrons. The van der Waals surface area contributed by atoms with Crippen molar-refractivity contribution in [1.29, 1.82) is 0 Å². The van der Waals surface area contributed by atoms with Crippen LogP contribution < -0.4 is 15.9 Å². The minimum atomic E-state index is -0.827. The van der Waals surface area contributed by atoms with Crippen molar-refractivity contribution in [1.82, 2.24) is 10.4 Å². The van der Waals surface area contributed by atoms with Crippen LogP contribution in [0.5, 0.6) is 5.75 Å². The fourth-order valence-electron chi connectivity index (χ4n) is 2.67. The lowest BCUT2D eigenvalue weighted by atomic mass is 10.1. The Morgan fingerprint density at radius 2 is 2.21 bits per heavy atom. The van der Waals surface area contributed by atoms with Crippen LogP contribution in [0.25, 0.3) is 6.08 Å². The number of hydrogen-bond donors (Lipinski definition) is 2. The highest BCUT2D eigenvalue weighted by Crippen LogP contribution is 2.33. The van der Waals surface area contributed by atoms with Gasteiger partial charge in [0.1, 0.15) is 17.6 Å². The molecule has 1 fully saturated rings. The molecule has 0 spiro atoms. The van der Waals surface area contributed by atoms with Gasteiger partial charge in [0, 0.05) is 24.7 Å². The van der Waals surface area contributed by atoms with Crippen LogP contribution in [0.3, 0.4) is 0 Å². The molecule has 1 atom stereocenters. The lowest BCUT2D eigenvalue weighted by Crippen LogP contribution is -2.45. The summed E-state index contributed by atoms with van der Waals surface area (Å²) in [5.41, 5.74) is 9.42. The second kappa shape index (κ2) is 8.85. The zero-order chi connectivity index (χ0) is 20.3. The number of carbonyl (C=O) groups is 2. The lowest BCUT2D eigenvalue weighted by Gasteiger charge is -2.28. The van der Waals surface area contributed by atoms with Gasteiger partial charge >= 0.3 is 5.97 Å². The van der Waals surface area contributed by atoms with Gasteiger partial charge in [-0.25, -0.2) is 14.6 Å². The molecule has 2 heterocycles. The van der Waals surface area contributed by atoms with Gasteiger partial charge in [0.2, 0.25) is 0 Å². The first-order valence-corrected chi connectivity index (χ1v) is 9.97. The van der Waals surface area contributed by atoms with E-state index in [2.05, 4.69) is 10.4 Å². The number of amidine groups is 1. The van der Waals surface area contributed by atoms with Crippen molar-refractivity contribution in [3.8, 4) is 5.75 Å². The Balaban J connectivity index is 1.80. The zero-order valence-electron chi connectivity index (χ0n) is 15.8. The fourth-order valence-corrected chi connectivity index (χ4v) is 3.58. The van der Waals surface area contributed by atoms with Crippen molar-refractivity contribution < 1.29 is 18.7 Å². The Bertz CT molecular complexity index is 834. The Morgan fingerprint density at radius 3 is 2.89 bits per heavy atom.